The second kappa shape index (κ2) is 5.41. The van der Waals surface area contributed by atoms with E-state index >= 15 is 0 Å². The lowest BCUT2D eigenvalue weighted by molar-refractivity contribution is 0.414. The topological polar surface area (TPSA) is 47.3 Å². The van der Waals surface area contributed by atoms with Gasteiger partial charge in [0.1, 0.15) is 5.75 Å². The van der Waals surface area contributed by atoms with Gasteiger partial charge in [0.05, 0.1) is 12.8 Å². The maximum absolute atomic E-state index is 5.74. The van der Waals surface area contributed by atoms with Crippen LogP contribution in [-0.2, 0) is 0 Å². The summed E-state index contributed by atoms with van der Waals surface area (Å²) in [5.41, 5.74) is 7.91. The minimum Gasteiger partial charge on any atom is -0.495 e. The first-order valence-electron chi connectivity index (χ1n) is 6.06. The second-order valence-corrected chi connectivity index (χ2v) is 5.33. The number of methoxy groups -OCH3 is 1. The molecule has 3 nitrogen and oxygen atoms in total. The smallest absolute Gasteiger partial charge is 0.141 e. The van der Waals surface area contributed by atoms with E-state index in [9.17, 15) is 0 Å². The Balaban J connectivity index is 3.06. The lowest BCUT2D eigenvalue weighted by Crippen LogP contribution is -2.39. The molecule has 0 spiro atoms. The third kappa shape index (κ3) is 3.63. The van der Waals surface area contributed by atoms with Crippen molar-refractivity contribution in [3.8, 4) is 5.75 Å². The molecule has 0 aliphatic heterocycles. The number of rotatable bonds is 5. The minimum atomic E-state index is -0.136. The van der Waals surface area contributed by atoms with Gasteiger partial charge in [-0.25, -0.2) is 0 Å². The number of hydrogen-bond acceptors (Lipinski definition) is 3. The van der Waals surface area contributed by atoms with Gasteiger partial charge in [0.15, 0.2) is 0 Å². The summed E-state index contributed by atoms with van der Waals surface area (Å²) in [5.74, 6) is 1.36. The van der Waals surface area contributed by atoms with E-state index in [2.05, 4.69) is 45.1 Å². The fraction of sp³-hybridized carbons (Fsp3) is 0.571. The van der Waals surface area contributed by atoms with Crippen molar-refractivity contribution in [1.82, 2.24) is 0 Å². The first kappa shape index (κ1) is 13.8. The number of anilines is 1. The SMILES string of the molecule is COc1ccc(C(C)C)cc1NC(C)(C)CN. The van der Waals surface area contributed by atoms with Gasteiger partial charge in [-0.05, 0) is 37.5 Å². The lowest BCUT2D eigenvalue weighted by Gasteiger charge is -2.27. The van der Waals surface area contributed by atoms with Crippen molar-refractivity contribution in [3.63, 3.8) is 0 Å². The zero-order valence-electron chi connectivity index (χ0n) is 11.5. The van der Waals surface area contributed by atoms with Crippen molar-refractivity contribution in [2.45, 2.75) is 39.2 Å². The first-order valence-corrected chi connectivity index (χ1v) is 6.06. The van der Waals surface area contributed by atoms with Crippen LogP contribution in [0, 0.1) is 0 Å². The third-order valence-corrected chi connectivity index (χ3v) is 2.87. The molecule has 96 valence electrons. The molecule has 0 unspecified atom stereocenters. The molecule has 0 aromatic heterocycles. The molecule has 0 saturated heterocycles. The molecule has 0 aliphatic carbocycles. The highest BCUT2D eigenvalue weighted by Gasteiger charge is 2.17. The molecular formula is C14H24N2O. The number of benzene rings is 1. The lowest BCUT2D eigenvalue weighted by atomic mass is 10.0. The van der Waals surface area contributed by atoms with Crippen molar-refractivity contribution in [3.05, 3.63) is 23.8 Å². The maximum atomic E-state index is 5.74. The van der Waals surface area contributed by atoms with E-state index < -0.39 is 0 Å². The highest BCUT2D eigenvalue weighted by atomic mass is 16.5. The Morgan fingerprint density at radius 3 is 2.47 bits per heavy atom. The molecule has 0 aliphatic rings. The van der Waals surface area contributed by atoms with Crippen molar-refractivity contribution < 1.29 is 4.74 Å². The molecule has 17 heavy (non-hydrogen) atoms. The number of nitrogens with two attached hydrogens (primary N) is 1. The molecule has 0 atom stereocenters. The fourth-order valence-corrected chi connectivity index (χ4v) is 1.60. The Bertz CT molecular complexity index is 372. The van der Waals surface area contributed by atoms with Crippen LogP contribution in [0.3, 0.4) is 0 Å². The van der Waals surface area contributed by atoms with Crippen LogP contribution in [0.25, 0.3) is 0 Å². The molecular weight excluding hydrogens is 212 g/mol. The van der Waals surface area contributed by atoms with Crippen molar-refractivity contribution >= 4 is 5.69 Å². The summed E-state index contributed by atoms with van der Waals surface area (Å²) in [6, 6.07) is 6.25. The van der Waals surface area contributed by atoms with Crippen LogP contribution in [0.2, 0.25) is 0 Å². The van der Waals surface area contributed by atoms with Crippen LogP contribution in [0.1, 0.15) is 39.2 Å². The second-order valence-electron chi connectivity index (χ2n) is 5.33. The summed E-state index contributed by atoms with van der Waals surface area (Å²) in [5, 5.41) is 3.43. The van der Waals surface area contributed by atoms with Crippen LogP contribution in [0.15, 0.2) is 18.2 Å². The molecule has 0 amide bonds. The van der Waals surface area contributed by atoms with Crippen LogP contribution in [0.5, 0.6) is 5.75 Å². The van der Waals surface area contributed by atoms with Crippen molar-refractivity contribution in [2.75, 3.05) is 19.0 Å². The van der Waals surface area contributed by atoms with Gasteiger partial charge in [0.2, 0.25) is 0 Å². The van der Waals surface area contributed by atoms with Gasteiger partial charge < -0.3 is 15.8 Å². The fourth-order valence-electron chi connectivity index (χ4n) is 1.60. The molecule has 1 rings (SSSR count). The zero-order valence-corrected chi connectivity index (χ0v) is 11.5. The Hall–Kier alpha value is -1.22. The molecule has 0 fully saturated rings. The van der Waals surface area contributed by atoms with E-state index in [1.807, 2.05) is 6.07 Å². The van der Waals surface area contributed by atoms with Gasteiger partial charge in [0.25, 0.3) is 0 Å². The molecule has 1 aromatic rings. The van der Waals surface area contributed by atoms with Crippen molar-refractivity contribution in [1.29, 1.82) is 0 Å². The summed E-state index contributed by atoms with van der Waals surface area (Å²) in [4.78, 5) is 0. The van der Waals surface area contributed by atoms with E-state index in [4.69, 9.17) is 10.5 Å². The summed E-state index contributed by atoms with van der Waals surface area (Å²) in [7, 11) is 1.69. The monoisotopic (exact) mass is 236 g/mol. The Morgan fingerprint density at radius 2 is 2.00 bits per heavy atom. The summed E-state index contributed by atoms with van der Waals surface area (Å²) in [6.45, 7) is 9.09. The summed E-state index contributed by atoms with van der Waals surface area (Å²) < 4.78 is 5.37. The van der Waals surface area contributed by atoms with E-state index in [-0.39, 0.29) is 5.54 Å². The van der Waals surface area contributed by atoms with Gasteiger partial charge in [-0.3, -0.25) is 0 Å². The van der Waals surface area contributed by atoms with E-state index in [0.717, 1.165) is 11.4 Å². The predicted octanol–water partition coefficient (Wildman–Crippen LogP) is 2.97. The van der Waals surface area contributed by atoms with Crippen LogP contribution in [0.4, 0.5) is 5.69 Å². The molecule has 0 radical (unpaired) electrons. The number of nitrogens with one attached hydrogen (secondary N) is 1. The van der Waals surface area contributed by atoms with E-state index in [1.165, 1.54) is 5.56 Å². The quantitative estimate of drug-likeness (QED) is 0.826. The highest BCUT2D eigenvalue weighted by molar-refractivity contribution is 5.59. The summed E-state index contributed by atoms with van der Waals surface area (Å²) >= 11 is 0. The predicted molar refractivity (Wildman–Crippen MR) is 73.8 cm³/mol. The minimum absolute atomic E-state index is 0.136. The highest BCUT2D eigenvalue weighted by Crippen LogP contribution is 2.30. The average Bonchev–Trinajstić information content (AvgIpc) is 2.28. The van der Waals surface area contributed by atoms with Gasteiger partial charge in [-0.2, -0.15) is 0 Å². The molecule has 0 heterocycles. The van der Waals surface area contributed by atoms with Gasteiger partial charge in [-0.15, -0.1) is 0 Å². The van der Waals surface area contributed by atoms with Gasteiger partial charge in [-0.1, -0.05) is 19.9 Å². The van der Waals surface area contributed by atoms with Gasteiger partial charge >= 0.3 is 0 Å². The molecule has 1 aromatic carbocycles. The average molecular weight is 236 g/mol. The van der Waals surface area contributed by atoms with Crippen molar-refractivity contribution in [2.24, 2.45) is 5.73 Å². The zero-order chi connectivity index (χ0) is 13.1. The molecule has 3 N–H and O–H groups in total. The third-order valence-electron chi connectivity index (χ3n) is 2.87. The standard InChI is InChI=1S/C14H24N2O/c1-10(2)11-6-7-13(17-5)12(8-11)16-14(3,4)9-15/h6-8,10,16H,9,15H2,1-5H3. The Kier molecular flexibility index (Phi) is 4.40. The van der Waals surface area contributed by atoms with E-state index in [1.54, 1.807) is 7.11 Å². The van der Waals surface area contributed by atoms with Crippen LogP contribution >= 0.6 is 0 Å². The van der Waals surface area contributed by atoms with Crippen LogP contribution in [-0.4, -0.2) is 19.2 Å². The molecule has 3 heteroatoms. The van der Waals surface area contributed by atoms with Crippen LogP contribution < -0.4 is 15.8 Å². The van der Waals surface area contributed by atoms with Gasteiger partial charge in [0, 0.05) is 12.1 Å². The molecule has 0 saturated carbocycles. The molecule has 0 bridgehead atoms. The Morgan fingerprint density at radius 1 is 1.35 bits per heavy atom. The van der Waals surface area contributed by atoms with E-state index in [0.29, 0.717) is 12.5 Å². The first-order chi connectivity index (χ1) is 7.89. The Labute approximate surface area is 104 Å². The number of hydrogen-bond donors (Lipinski definition) is 2. The largest absolute Gasteiger partial charge is 0.495 e. The summed E-state index contributed by atoms with van der Waals surface area (Å²) in [6.07, 6.45) is 0. The maximum Gasteiger partial charge on any atom is 0.141 e. The number of ether oxygens (including phenoxy) is 1. The normalized spacial score (nSPS) is 11.7.